The number of nitrogens with zero attached hydrogens (tertiary/aromatic N) is 4. The molecule has 0 amide bonds. The molecule has 1 aromatic carbocycles. The third kappa shape index (κ3) is 4.85. The number of hydrogen-bond acceptors (Lipinski definition) is 3. The van der Waals surface area contributed by atoms with Crippen molar-refractivity contribution < 1.29 is 0 Å². The molecule has 2 heterocycles. The highest BCUT2D eigenvalue weighted by Gasteiger charge is 2.29. The molecule has 1 unspecified atom stereocenters. The van der Waals surface area contributed by atoms with Crippen LogP contribution >= 0.6 is 24.0 Å². The first-order valence-electron chi connectivity index (χ1n) is 10.1. The van der Waals surface area contributed by atoms with E-state index >= 15 is 0 Å². The zero-order valence-electron chi connectivity index (χ0n) is 17.4. The van der Waals surface area contributed by atoms with E-state index in [0.29, 0.717) is 0 Å². The molecule has 28 heavy (non-hydrogen) atoms. The van der Waals surface area contributed by atoms with Gasteiger partial charge in [0.2, 0.25) is 0 Å². The summed E-state index contributed by atoms with van der Waals surface area (Å²) in [7, 11) is 1.83. The number of guanidine groups is 1. The van der Waals surface area contributed by atoms with E-state index in [9.17, 15) is 0 Å². The van der Waals surface area contributed by atoms with Gasteiger partial charge in [-0.05, 0) is 38.2 Å². The van der Waals surface area contributed by atoms with Gasteiger partial charge in [-0.1, -0.05) is 44.2 Å². The quantitative estimate of drug-likeness (QED) is 0.361. The highest BCUT2D eigenvalue weighted by Crippen LogP contribution is 2.31. The molecule has 0 spiro atoms. The van der Waals surface area contributed by atoms with Crippen LogP contribution in [-0.4, -0.2) is 34.3 Å². The van der Waals surface area contributed by atoms with Crippen molar-refractivity contribution in [1.29, 1.82) is 0 Å². The average molecular weight is 496 g/mol. The van der Waals surface area contributed by atoms with E-state index in [0.717, 1.165) is 56.4 Å². The van der Waals surface area contributed by atoms with Crippen molar-refractivity contribution in [3.8, 4) is 0 Å². The van der Waals surface area contributed by atoms with Crippen LogP contribution < -0.4 is 10.6 Å². The number of aryl methyl sites for hydroxylation is 2. The van der Waals surface area contributed by atoms with Gasteiger partial charge >= 0.3 is 0 Å². The van der Waals surface area contributed by atoms with Crippen LogP contribution in [0.4, 0.5) is 0 Å². The molecule has 7 heteroatoms. The molecule has 0 radical (unpaired) electrons. The molecule has 0 saturated heterocycles. The van der Waals surface area contributed by atoms with Gasteiger partial charge in [0.1, 0.15) is 11.6 Å². The van der Waals surface area contributed by atoms with E-state index in [4.69, 9.17) is 0 Å². The van der Waals surface area contributed by atoms with Crippen molar-refractivity contribution in [3.63, 3.8) is 0 Å². The third-order valence-electron chi connectivity index (χ3n) is 5.85. The molecule has 0 saturated carbocycles. The lowest BCUT2D eigenvalue weighted by molar-refractivity contribution is 0.378. The normalized spacial score (nSPS) is 16.9. The summed E-state index contributed by atoms with van der Waals surface area (Å²) in [4.78, 5) is 9.08. The van der Waals surface area contributed by atoms with Crippen LogP contribution in [0.1, 0.15) is 62.8 Å². The van der Waals surface area contributed by atoms with Gasteiger partial charge in [-0.2, -0.15) is 5.10 Å². The fourth-order valence-electron chi connectivity index (χ4n) is 4.02. The van der Waals surface area contributed by atoms with Gasteiger partial charge in [0, 0.05) is 25.6 Å². The van der Waals surface area contributed by atoms with E-state index in [2.05, 4.69) is 69.9 Å². The van der Waals surface area contributed by atoms with E-state index in [1.807, 2.05) is 18.7 Å². The molecule has 1 atom stereocenters. The van der Waals surface area contributed by atoms with Gasteiger partial charge in [0.25, 0.3) is 0 Å². The lowest BCUT2D eigenvalue weighted by atomic mass is 9.76. The Labute approximate surface area is 185 Å². The maximum atomic E-state index is 4.62. The van der Waals surface area contributed by atoms with Gasteiger partial charge in [0.15, 0.2) is 5.96 Å². The second-order valence-electron chi connectivity index (χ2n) is 7.36. The molecule has 2 aromatic rings. The monoisotopic (exact) mass is 496 g/mol. The minimum atomic E-state index is 0. The highest BCUT2D eigenvalue weighted by molar-refractivity contribution is 14.0. The Hall–Kier alpha value is -1.64. The number of rotatable bonds is 6. The Balaban J connectivity index is 0.00000280. The zero-order valence-corrected chi connectivity index (χ0v) is 19.7. The number of aliphatic imine (C=N–C) groups is 1. The van der Waals surface area contributed by atoms with Crippen molar-refractivity contribution in [3.05, 3.63) is 47.5 Å². The van der Waals surface area contributed by atoms with Gasteiger partial charge in [-0.15, -0.1) is 24.0 Å². The summed E-state index contributed by atoms with van der Waals surface area (Å²) in [5.74, 6) is 2.68. The Morgan fingerprint density at radius 2 is 1.96 bits per heavy atom. The summed E-state index contributed by atoms with van der Waals surface area (Å²) in [5.41, 5.74) is 1.48. The smallest absolute Gasteiger partial charge is 0.191 e. The second kappa shape index (κ2) is 10.2. The van der Waals surface area contributed by atoms with Gasteiger partial charge in [-0.3, -0.25) is 4.99 Å². The van der Waals surface area contributed by atoms with Crippen LogP contribution in [0.5, 0.6) is 0 Å². The standard InChI is InChI=1S/C21H32N6.HI/c1-5-21(6-2,17-11-8-7-9-12-17)15-23-20(22-4)25-18-13-10-14-27-19(18)24-16(3)26-27;/h7-9,11-12,18H,5-6,10,13-15H2,1-4H3,(H2,22,23,25);1H. The van der Waals surface area contributed by atoms with Crippen LogP contribution in [0.25, 0.3) is 0 Å². The van der Waals surface area contributed by atoms with Crippen LogP contribution in [0.3, 0.4) is 0 Å². The molecule has 3 rings (SSSR count). The SMILES string of the molecule is CCC(CC)(CNC(=NC)NC1CCCn2nc(C)nc21)c1ccccc1.I. The number of benzene rings is 1. The molecule has 2 N–H and O–H groups in total. The highest BCUT2D eigenvalue weighted by atomic mass is 127. The Morgan fingerprint density at radius 1 is 1.25 bits per heavy atom. The number of nitrogens with one attached hydrogen (secondary N) is 2. The Bertz CT molecular complexity index is 766. The molecule has 6 nitrogen and oxygen atoms in total. The first-order chi connectivity index (χ1) is 13.1. The molecular formula is C21H33IN6. The molecule has 1 aromatic heterocycles. The van der Waals surface area contributed by atoms with E-state index in [-0.39, 0.29) is 35.4 Å². The molecular weight excluding hydrogens is 463 g/mol. The molecule has 1 aliphatic rings. The Morgan fingerprint density at radius 3 is 2.61 bits per heavy atom. The molecule has 0 aliphatic carbocycles. The van der Waals surface area contributed by atoms with Gasteiger partial charge < -0.3 is 10.6 Å². The number of fused-ring (bicyclic) bond motifs is 1. The fraction of sp³-hybridized carbons (Fsp3) is 0.571. The summed E-state index contributed by atoms with van der Waals surface area (Å²) in [6.07, 6.45) is 4.30. The van der Waals surface area contributed by atoms with Crippen molar-refractivity contribution in [2.75, 3.05) is 13.6 Å². The number of halogens is 1. The van der Waals surface area contributed by atoms with E-state index in [1.54, 1.807) is 0 Å². The molecule has 0 fully saturated rings. The summed E-state index contributed by atoms with van der Waals surface area (Å²) in [6, 6.07) is 10.9. The lowest BCUT2D eigenvalue weighted by Gasteiger charge is -2.34. The first-order valence-corrected chi connectivity index (χ1v) is 10.1. The molecule has 154 valence electrons. The summed E-state index contributed by atoms with van der Waals surface area (Å²) in [5, 5.41) is 11.6. The fourth-order valence-corrected chi connectivity index (χ4v) is 4.02. The largest absolute Gasteiger partial charge is 0.356 e. The summed E-state index contributed by atoms with van der Waals surface area (Å²) in [6.45, 7) is 8.28. The van der Waals surface area contributed by atoms with Crippen molar-refractivity contribution >= 4 is 29.9 Å². The third-order valence-corrected chi connectivity index (χ3v) is 5.85. The maximum absolute atomic E-state index is 4.62. The first kappa shape index (κ1) is 22.6. The second-order valence-corrected chi connectivity index (χ2v) is 7.36. The van der Waals surface area contributed by atoms with Gasteiger partial charge in [-0.25, -0.2) is 9.67 Å². The van der Waals surface area contributed by atoms with Gasteiger partial charge in [0.05, 0.1) is 6.04 Å². The number of hydrogen-bond donors (Lipinski definition) is 2. The zero-order chi connectivity index (χ0) is 19.3. The van der Waals surface area contributed by atoms with E-state index < -0.39 is 0 Å². The summed E-state index contributed by atoms with van der Waals surface area (Å²) < 4.78 is 2.02. The van der Waals surface area contributed by atoms with Crippen LogP contribution in [-0.2, 0) is 12.0 Å². The van der Waals surface area contributed by atoms with Crippen molar-refractivity contribution in [1.82, 2.24) is 25.4 Å². The average Bonchev–Trinajstić information content (AvgIpc) is 3.10. The van der Waals surface area contributed by atoms with Crippen molar-refractivity contribution in [2.45, 2.75) is 64.5 Å². The maximum Gasteiger partial charge on any atom is 0.191 e. The van der Waals surface area contributed by atoms with Crippen LogP contribution in [0, 0.1) is 6.92 Å². The number of aromatic nitrogens is 3. The summed E-state index contributed by atoms with van der Waals surface area (Å²) >= 11 is 0. The molecule has 0 bridgehead atoms. The molecule has 1 aliphatic heterocycles. The minimum absolute atomic E-state index is 0. The predicted molar refractivity (Wildman–Crippen MR) is 125 cm³/mol. The van der Waals surface area contributed by atoms with Crippen LogP contribution in [0.15, 0.2) is 35.3 Å². The minimum Gasteiger partial charge on any atom is -0.356 e. The predicted octanol–water partition coefficient (Wildman–Crippen LogP) is 3.96. The van der Waals surface area contributed by atoms with E-state index in [1.165, 1.54) is 5.56 Å². The Kier molecular flexibility index (Phi) is 8.27. The van der Waals surface area contributed by atoms with Crippen LogP contribution in [0.2, 0.25) is 0 Å². The van der Waals surface area contributed by atoms with Crippen molar-refractivity contribution in [2.24, 2.45) is 4.99 Å². The topological polar surface area (TPSA) is 67.1 Å². The lowest BCUT2D eigenvalue weighted by Crippen LogP contribution is -2.47.